The lowest BCUT2D eigenvalue weighted by atomic mass is 9.99. The average Bonchev–Trinajstić information content (AvgIpc) is 3.23. The molecule has 1 unspecified atom stereocenters. The molecule has 2 N–H and O–H groups in total. The Hall–Kier alpha value is -3.46. The summed E-state index contributed by atoms with van der Waals surface area (Å²) < 4.78 is 87.8. The summed E-state index contributed by atoms with van der Waals surface area (Å²) in [7, 11) is 0. The van der Waals surface area contributed by atoms with Gasteiger partial charge in [-0.05, 0) is 50.0 Å². The Labute approximate surface area is 223 Å². The average molecular weight is 575 g/mol. The number of anilines is 3. The summed E-state index contributed by atoms with van der Waals surface area (Å²) in [5.74, 6) is -1.41. The maximum absolute atomic E-state index is 14.4. The first-order chi connectivity index (χ1) is 18.5. The van der Waals surface area contributed by atoms with Crippen molar-refractivity contribution in [1.82, 2.24) is 19.2 Å². The number of likely N-dealkylation sites (tertiary alicyclic amines) is 1. The zero-order valence-corrected chi connectivity index (χ0v) is 21.4. The molecule has 0 bridgehead atoms. The Balaban J connectivity index is 1.41. The van der Waals surface area contributed by atoms with Crippen molar-refractivity contribution in [1.29, 1.82) is 0 Å². The van der Waals surface area contributed by atoms with Crippen molar-refractivity contribution in [2.45, 2.75) is 32.4 Å². The van der Waals surface area contributed by atoms with E-state index in [1.54, 1.807) is 11.8 Å². The SMILES string of the molecule is Cc1nsc(Nc2cnc(C(F)(F)F)cn2)c1C(=O)Nc1ccc(F)c(OCC2CCCN(CC(F)F)C2)c1. The van der Waals surface area contributed by atoms with Crippen molar-refractivity contribution in [3.8, 4) is 5.75 Å². The highest BCUT2D eigenvalue weighted by atomic mass is 32.1. The lowest BCUT2D eigenvalue weighted by Crippen LogP contribution is -2.40. The van der Waals surface area contributed by atoms with Crippen molar-refractivity contribution >= 4 is 33.9 Å². The van der Waals surface area contributed by atoms with E-state index in [1.807, 2.05) is 0 Å². The quantitative estimate of drug-likeness (QED) is 0.315. The number of aromatic nitrogens is 3. The summed E-state index contributed by atoms with van der Waals surface area (Å²) >= 11 is 0.905. The van der Waals surface area contributed by atoms with E-state index in [0.717, 1.165) is 36.6 Å². The third-order valence-electron chi connectivity index (χ3n) is 5.94. The van der Waals surface area contributed by atoms with Gasteiger partial charge in [-0.1, -0.05) is 0 Å². The number of rotatable bonds is 9. The second kappa shape index (κ2) is 12.2. The normalized spacial score (nSPS) is 16.4. The van der Waals surface area contributed by atoms with Gasteiger partial charge in [-0.15, -0.1) is 0 Å². The number of hydrogen-bond donors (Lipinski definition) is 2. The molecule has 0 aliphatic carbocycles. The van der Waals surface area contributed by atoms with Crippen LogP contribution in [0.4, 0.5) is 42.8 Å². The predicted molar refractivity (Wildman–Crippen MR) is 132 cm³/mol. The Bertz CT molecular complexity index is 1290. The molecule has 0 spiro atoms. The molecule has 1 fully saturated rings. The van der Waals surface area contributed by atoms with Gasteiger partial charge in [0.05, 0.1) is 36.8 Å². The monoisotopic (exact) mass is 574 g/mol. The molecule has 1 aliphatic heterocycles. The molecule has 1 aliphatic rings. The van der Waals surface area contributed by atoms with E-state index in [4.69, 9.17) is 4.74 Å². The smallest absolute Gasteiger partial charge is 0.434 e. The molecule has 1 atom stereocenters. The molecular weight excluding hydrogens is 550 g/mol. The van der Waals surface area contributed by atoms with Crippen LogP contribution in [0.25, 0.3) is 0 Å². The zero-order chi connectivity index (χ0) is 28.2. The van der Waals surface area contributed by atoms with Crippen molar-refractivity contribution in [2.75, 3.05) is 36.9 Å². The number of halogens is 6. The van der Waals surface area contributed by atoms with Crippen LogP contribution in [0.3, 0.4) is 0 Å². The minimum absolute atomic E-state index is 0.0204. The molecule has 8 nitrogen and oxygen atoms in total. The number of amides is 1. The van der Waals surface area contributed by atoms with Crippen LogP contribution in [-0.2, 0) is 6.18 Å². The topological polar surface area (TPSA) is 92.3 Å². The third kappa shape index (κ3) is 7.56. The van der Waals surface area contributed by atoms with E-state index in [0.29, 0.717) is 25.0 Å². The van der Waals surface area contributed by atoms with E-state index >= 15 is 0 Å². The molecule has 0 saturated carbocycles. The van der Waals surface area contributed by atoms with E-state index in [2.05, 4.69) is 25.0 Å². The second-order valence-electron chi connectivity index (χ2n) is 8.95. The fraction of sp³-hybridized carbons (Fsp3) is 0.417. The Kier molecular flexibility index (Phi) is 8.90. The van der Waals surface area contributed by atoms with E-state index in [1.165, 1.54) is 12.1 Å². The number of piperidine rings is 1. The highest BCUT2D eigenvalue weighted by Gasteiger charge is 2.33. The van der Waals surface area contributed by atoms with Crippen molar-refractivity contribution < 1.29 is 35.9 Å². The van der Waals surface area contributed by atoms with Crippen LogP contribution in [0.1, 0.15) is 34.6 Å². The summed E-state index contributed by atoms with van der Waals surface area (Å²) in [5.41, 5.74) is -0.459. The number of ether oxygens (including phenoxy) is 1. The maximum Gasteiger partial charge on any atom is 0.434 e. The molecule has 1 aromatic carbocycles. The van der Waals surface area contributed by atoms with E-state index in [9.17, 15) is 31.1 Å². The molecule has 39 heavy (non-hydrogen) atoms. The Morgan fingerprint density at radius 1 is 1.26 bits per heavy atom. The second-order valence-corrected chi connectivity index (χ2v) is 9.72. The number of aryl methyl sites for hydroxylation is 1. The van der Waals surface area contributed by atoms with Gasteiger partial charge in [0.2, 0.25) is 0 Å². The minimum Gasteiger partial charge on any atom is -0.490 e. The molecule has 2 aromatic heterocycles. The predicted octanol–water partition coefficient (Wildman–Crippen LogP) is 5.75. The third-order valence-corrected chi connectivity index (χ3v) is 6.79. The molecule has 15 heteroatoms. The Morgan fingerprint density at radius 3 is 2.74 bits per heavy atom. The van der Waals surface area contributed by atoms with Crippen molar-refractivity contribution in [3.63, 3.8) is 0 Å². The number of nitrogens with one attached hydrogen (secondary N) is 2. The molecule has 0 radical (unpaired) electrons. The van der Waals surface area contributed by atoms with Crippen LogP contribution in [0, 0.1) is 18.7 Å². The number of hydrogen-bond acceptors (Lipinski definition) is 8. The fourth-order valence-electron chi connectivity index (χ4n) is 4.12. The molecule has 3 aromatic rings. The highest BCUT2D eigenvalue weighted by Crippen LogP contribution is 2.31. The van der Waals surface area contributed by atoms with Gasteiger partial charge in [0.1, 0.15) is 10.8 Å². The fourth-order valence-corrected chi connectivity index (χ4v) is 4.92. The summed E-state index contributed by atoms with van der Waals surface area (Å²) in [5, 5.41) is 5.61. The van der Waals surface area contributed by atoms with Gasteiger partial charge in [0.15, 0.2) is 17.3 Å². The number of benzene rings is 1. The molecule has 210 valence electrons. The number of carbonyl (C=O) groups is 1. The number of carbonyl (C=O) groups excluding carboxylic acids is 1. The Morgan fingerprint density at radius 2 is 2.05 bits per heavy atom. The van der Waals surface area contributed by atoms with Gasteiger partial charge in [-0.25, -0.2) is 23.1 Å². The first-order valence-electron chi connectivity index (χ1n) is 11.9. The summed E-state index contributed by atoms with van der Waals surface area (Å²) in [6, 6.07) is 3.79. The highest BCUT2D eigenvalue weighted by molar-refractivity contribution is 7.10. The first kappa shape index (κ1) is 28.5. The first-order valence-corrected chi connectivity index (χ1v) is 12.6. The molecule has 3 heterocycles. The van der Waals surface area contributed by atoms with Crippen LogP contribution >= 0.6 is 11.5 Å². The van der Waals surface area contributed by atoms with Crippen molar-refractivity contribution in [3.05, 3.63) is 53.4 Å². The van der Waals surface area contributed by atoms with E-state index in [-0.39, 0.29) is 46.9 Å². The maximum atomic E-state index is 14.4. The van der Waals surface area contributed by atoms with Crippen LogP contribution in [0.2, 0.25) is 0 Å². The van der Waals surface area contributed by atoms with Gasteiger partial charge in [-0.3, -0.25) is 9.69 Å². The van der Waals surface area contributed by atoms with Gasteiger partial charge in [0, 0.05) is 24.2 Å². The van der Waals surface area contributed by atoms with Crippen LogP contribution in [0.15, 0.2) is 30.6 Å². The van der Waals surface area contributed by atoms with Crippen LogP contribution < -0.4 is 15.4 Å². The summed E-state index contributed by atoms with van der Waals surface area (Å²) in [6.07, 6.45) is -4.10. The largest absolute Gasteiger partial charge is 0.490 e. The standard InChI is InChI=1S/C24H24F6N6O2S/c1-13-21(23(39-35-13)34-20-9-31-18(8-32-20)24(28,29)30)22(37)33-15-4-5-16(25)17(7-15)38-12-14-3-2-6-36(10-14)11-19(26)27/h4-5,7-9,14,19H,2-3,6,10-12H2,1H3,(H,32,34)(H,33,37). The van der Waals surface area contributed by atoms with Gasteiger partial charge < -0.3 is 15.4 Å². The van der Waals surface area contributed by atoms with E-state index < -0.39 is 30.0 Å². The summed E-state index contributed by atoms with van der Waals surface area (Å²) in [6.45, 7) is 2.40. The van der Waals surface area contributed by atoms with Crippen LogP contribution in [0.5, 0.6) is 5.75 Å². The molecular formula is C24H24F6N6O2S. The summed E-state index contributed by atoms with van der Waals surface area (Å²) in [4.78, 5) is 21.7. The minimum atomic E-state index is -4.64. The lowest BCUT2D eigenvalue weighted by Gasteiger charge is -2.32. The zero-order valence-electron chi connectivity index (χ0n) is 20.6. The van der Waals surface area contributed by atoms with Gasteiger partial charge >= 0.3 is 6.18 Å². The van der Waals surface area contributed by atoms with Crippen molar-refractivity contribution in [2.24, 2.45) is 5.92 Å². The molecule has 1 saturated heterocycles. The lowest BCUT2D eigenvalue weighted by molar-refractivity contribution is -0.141. The molecule has 1 amide bonds. The number of nitrogens with zero attached hydrogens (tertiary/aromatic N) is 4. The van der Waals surface area contributed by atoms with Gasteiger partial charge in [0.25, 0.3) is 12.3 Å². The van der Waals surface area contributed by atoms with Crippen LogP contribution in [-0.4, -0.2) is 57.8 Å². The number of alkyl halides is 5. The molecule has 4 rings (SSSR count). The van der Waals surface area contributed by atoms with Gasteiger partial charge in [-0.2, -0.15) is 17.5 Å².